The van der Waals surface area contributed by atoms with Crippen molar-refractivity contribution >= 4 is 11.6 Å². The molecule has 78 valence electrons. The van der Waals surface area contributed by atoms with Gasteiger partial charge in [0.25, 0.3) is 0 Å². The zero-order valence-corrected chi connectivity index (χ0v) is 10.1. The summed E-state index contributed by atoms with van der Waals surface area (Å²) in [6, 6.07) is 6.01. The third kappa shape index (κ3) is 3.69. The van der Waals surface area contributed by atoms with E-state index in [1.165, 1.54) is 11.1 Å². The number of hydrogen-bond acceptors (Lipinski definition) is 1. The van der Waals surface area contributed by atoms with Crippen LogP contribution in [-0.2, 0) is 6.54 Å². The molecule has 0 saturated carbocycles. The standard InChI is InChI=1S/C12H18ClN/c1-9-5-6-11(13)7-10(9)8-14-12(2,3)4/h5-7,14H,8H2,1-4H3. The maximum atomic E-state index is 5.94. The van der Waals surface area contributed by atoms with Gasteiger partial charge in [0.2, 0.25) is 0 Å². The lowest BCUT2D eigenvalue weighted by Gasteiger charge is -2.21. The highest BCUT2D eigenvalue weighted by Crippen LogP contribution is 2.16. The molecule has 14 heavy (non-hydrogen) atoms. The lowest BCUT2D eigenvalue weighted by atomic mass is 10.1. The summed E-state index contributed by atoms with van der Waals surface area (Å²) in [7, 11) is 0. The second-order valence-corrected chi connectivity index (χ2v) is 5.11. The summed E-state index contributed by atoms with van der Waals surface area (Å²) in [5.74, 6) is 0. The smallest absolute Gasteiger partial charge is 0.0409 e. The highest BCUT2D eigenvalue weighted by atomic mass is 35.5. The Morgan fingerprint density at radius 3 is 2.50 bits per heavy atom. The van der Waals surface area contributed by atoms with Gasteiger partial charge in [0.05, 0.1) is 0 Å². The van der Waals surface area contributed by atoms with Gasteiger partial charge in [0.1, 0.15) is 0 Å². The molecule has 0 bridgehead atoms. The van der Waals surface area contributed by atoms with Crippen molar-refractivity contribution in [3.8, 4) is 0 Å². The van der Waals surface area contributed by atoms with Crippen LogP contribution >= 0.6 is 11.6 Å². The fraction of sp³-hybridized carbons (Fsp3) is 0.500. The van der Waals surface area contributed by atoms with Gasteiger partial charge < -0.3 is 5.32 Å². The van der Waals surface area contributed by atoms with Crippen molar-refractivity contribution in [2.24, 2.45) is 0 Å². The van der Waals surface area contributed by atoms with Crippen LogP contribution in [-0.4, -0.2) is 5.54 Å². The number of aryl methyl sites for hydroxylation is 1. The van der Waals surface area contributed by atoms with Gasteiger partial charge in [-0.15, -0.1) is 0 Å². The second kappa shape index (κ2) is 4.33. The highest BCUT2D eigenvalue weighted by Gasteiger charge is 2.09. The molecule has 1 rings (SSSR count). The molecule has 1 N–H and O–H groups in total. The minimum absolute atomic E-state index is 0.148. The molecule has 0 saturated heterocycles. The second-order valence-electron chi connectivity index (χ2n) is 4.67. The van der Waals surface area contributed by atoms with Crippen LogP contribution in [0.2, 0.25) is 5.02 Å². The molecule has 0 aliphatic carbocycles. The molecule has 0 aliphatic rings. The number of nitrogens with one attached hydrogen (secondary N) is 1. The zero-order chi connectivity index (χ0) is 10.8. The van der Waals surface area contributed by atoms with Gasteiger partial charge >= 0.3 is 0 Å². The molecule has 0 atom stereocenters. The minimum atomic E-state index is 0.148. The summed E-state index contributed by atoms with van der Waals surface area (Å²) in [6.45, 7) is 9.46. The number of benzene rings is 1. The van der Waals surface area contributed by atoms with Crippen LogP contribution in [0.15, 0.2) is 18.2 Å². The van der Waals surface area contributed by atoms with E-state index in [2.05, 4.69) is 39.1 Å². The molecule has 0 heterocycles. The van der Waals surface area contributed by atoms with Crippen molar-refractivity contribution in [2.45, 2.75) is 39.8 Å². The molecule has 1 aromatic carbocycles. The van der Waals surface area contributed by atoms with Crippen LogP contribution in [0.3, 0.4) is 0 Å². The predicted molar refractivity (Wildman–Crippen MR) is 62.8 cm³/mol. The molecule has 2 heteroatoms. The quantitative estimate of drug-likeness (QED) is 0.789. The Morgan fingerprint density at radius 2 is 1.93 bits per heavy atom. The van der Waals surface area contributed by atoms with Crippen LogP contribution in [0, 0.1) is 6.92 Å². The number of hydrogen-bond donors (Lipinski definition) is 1. The van der Waals surface area contributed by atoms with E-state index in [1.807, 2.05) is 12.1 Å². The summed E-state index contributed by atoms with van der Waals surface area (Å²) in [6.07, 6.45) is 0. The van der Waals surface area contributed by atoms with E-state index in [-0.39, 0.29) is 5.54 Å². The van der Waals surface area contributed by atoms with E-state index < -0.39 is 0 Å². The molecule has 1 nitrogen and oxygen atoms in total. The Balaban J connectivity index is 2.72. The first kappa shape index (κ1) is 11.5. The normalized spacial score (nSPS) is 11.8. The summed E-state index contributed by atoms with van der Waals surface area (Å²) in [5.41, 5.74) is 2.70. The van der Waals surface area contributed by atoms with Crippen molar-refractivity contribution in [1.82, 2.24) is 5.32 Å². The minimum Gasteiger partial charge on any atom is -0.308 e. The third-order valence-corrected chi connectivity index (χ3v) is 2.36. The Labute approximate surface area is 91.5 Å². The van der Waals surface area contributed by atoms with Gasteiger partial charge in [-0.3, -0.25) is 0 Å². The van der Waals surface area contributed by atoms with Crippen LogP contribution in [0.4, 0.5) is 0 Å². The van der Waals surface area contributed by atoms with Crippen LogP contribution in [0.5, 0.6) is 0 Å². The number of halogens is 1. The van der Waals surface area contributed by atoms with Gasteiger partial charge in [0, 0.05) is 17.1 Å². The summed E-state index contributed by atoms with van der Waals surface area (Å²) in [5, 5.41) is 4.25. The van der Waals surface area contributed by atoms with Gasteiger partial charge in [-0.05, 0) is 51.0 Å². The average Bonchev–Trinajstić information content (AvgIpc) is 2.05. The summed E-state index contributed by atoms with van der Waals surface area (Å²) >= 11 is 5.94. The van der Waals surface area contributed by atoms with E-state index in [0.29, 0.717) is 0 Å². The van der Waals surface area contributed by atoms with Crippen molar-refractivity contribution < 1.29 is 0 Å². The summed E-state index contributed by atoms with van der Waals surface area (Å²) in [4.78, 5) is 0. The van der Waals surface area contributed by atoms with Crippen LogP contribution < -0.4 is 5.32 Å². The van der Waals surface area contributed by atoms with E-state index in [1.54, 1.807) is 0 Å². The van der Waals surface area contributed by atoms with E-state index in [9.17, 15) is 0 Å². The van der Waals surface area contributed by atoms with E-state index in [4.69, 9.17) is 11.6 Å². The molecule has 0 spiro atoms. The third-order valence-electron chi connectivity index (χ3n) is 2.12. The van der Waals surface area contributed by atoms with Crippen molar-refractivity contribution in [3.05, 3.63) is 34.3 Å². The molecular formula is C12H18ClN. The summed E-state index contributed by atoms with van der Waals surface area (Å²) < 4.78 is 0. The van der Waals surface area contributed by atoms with Gasteiger partial charge in [-0.25, -0.2) is 0 Å². The largest absolute Gasteiger partial charge is 0.308 e. The van der Waals surface area contributed by atoms with E-state index in [0.717, 1.165) is 11.6 Å². The first-order valence-electron chi connectivity index (χ1n) is 4.88. The Hall–Kier alpha value is -0.530. The lowest BCUT2D eigenvalue weighted by Crippen LogP contribution is -2.35. The highest BCUT2D eigenvalue weighted by molar-refractivity contribution is 6.30. The molecule has 0 amide bonds. The molecule has 1 aromatic rings. The zero-order valence-electron chi connectivity index (χ0n) is 9.32. The topological polar surface area (TPSA) is 12.0 Å². The molecule has 0 unspecified atom stereocenters. The lowest BCUT2D eigenvalue weighted by molar-refractivity contribution is 0.424. The van der Waals surface area contributed by atoms with Crippen molar-refractivity contribution in [2.75, 3.05) is 0 Å². The molecule has 0 fully saturated rings. The van der Waals surface area contributed by atoms with E-state index >= 15 is 0 Å². The van der Waals surface area contributed by atoms with Crippen molar-refractivity contribution in [1.29, 1.82) is 0 Å². The first-order chi connectivity index (χ1) is 6.38. The van der Waals surface area contributed by atoms with Crippen molar-refractivity contribution in [3.63, 3.8) is 0 Å². The number of rotatable bonds is 2. The average molecular weight is 212 g/mol. The SMILES string of the molecule is Cc1ccc(Cl)cc1CNC(C)(C)C. The Bertz CT molecular complexity index is 313. The Kier molecular flexibility index (Phi) is 3.57. The van der Waals surface area contributed by atoms with Gasteiger partial charge in [-0.1, -0.05) is 17.7 Å². The molecule has 0 aromatic heterocycles. The molecular weight excluding hydrogens is 194 g/mol. The predicted octanol–water partition coefficient (Wildman–Crippen LogP) is 3.54. The fourth-order valence-electron chi connectivity index (χ4n) is 1.19. The maximum Gasteiger partial charge on any atom is 0.0409 e. The fourth-order valence-corrected chi connectivity index (χ4v) is 1.39. The van der Waals surface area contributed by atoms with Gasteiger partial charge in [0.15, 0.2) is 0 Å². The Morgan fingerprint density at radius 1 is 1.29 bits per heavy atom. The van der Waals surface area contributed by atoms with Crippen LogP contribution in [0.1, 0.15) is 31.9 Å². The van der Waals surface area contributed by atoms with Gasteiger partial charge in [-0.2, -0.15) is 0 Å². The first-order valence-corrected chi connectivity index (χ1v) is 5.26. The monoisotopic (exact) mass is 211 g/mol. The maximum absolute atomic E-state index is 5.94. The molecule has 0 radical (unpaired) electrons. The molecule has 0 aliphatic heterocycles. The van der Waals surface area contributed by atoms with Crippen LogP contribution in [0.25, 0.3) is 0 Å².